The summed E-state index contributed by atoms with van der Waals surface area (Å²) >= 11 is 0. The number of tetrazole rings is 1. The molecule has 8 nitrogen and oxygen atoms in total. The van der Waals surface area contributed by atoms with E-state index in [9.17, 15) is 4.79 Å². The molecule has 5 rings (SSSR count). The van der Waals surface area contributed by atoms with Gasteiger partial charge >= 0.3 is 0 Å². The highest BCUT2D eigenvalue weighted by Gasteiger charge is 2.30. The zero-order valence-electron chi connectivity index (χ0n) is 17.4. The highest BCUT2D eigenvalue weighted by Crippen LogP contribution is 2.26. The van der Waals surface area contributed by atoms with E-state index in [0.29, 0.717) is 19.5 Å². The Bertz CT molecular complexity index is 1020. The number of rotatable bonds is 6. The second-order valence-electron chi connectivity index (χ2n) is 8.14. The molecule has 0 spiro atoms. The number of carbonyl (C=O) groups excluding carboxylic acids is 1. The molecule has 0 radical (unpaired) electrons. The lowest BCUT2D eigenvalue weighted by atomic mass is 10.0. The van der Waals surface area contributed by atoms with Gasteiger partial charge in [0.05, 0.1) is 6.61 Å². The first-order valence-corrected chi connectivity index (χ1v) is 10.8. The van der Waals surface area contributed by atoms with Crippen molar-refractivity contribution in [2.75, 3.05) is 32.8 Å². The molecule has 31 heavy (non-hydrogen) atoms. The maximum Gasteiger partial charge on any atom is 0.248 e. The summed E-state index contributed by atoms with van der Waals surface area (Å²) in [6.45, 7) is 4.81. The molecule has 0 bridgehead atoms. The maximum atomic E-state index is 13.4. The number of fused-ring (bicyclic) bond motifs is 1. The van der Waals surface area contributed by atoms with Gasteiger partial charge in [0.25, 0.3) is 0 Å². The van der Waals surface area contributed by atoms with Gasteiger partial charge in [0, 0.05) is 45.6 Å². The summed E-state index contributed by atoms with van der Waals surface area (Å²) in [5, 5.41) is 11.5. The van der Waals surface area contributed by atoms with Crippen LogP contribution in [0.15, 0.2) is 54.9 Å². The molecule has 0 N–H and O–H groups in total. The Labute approximate surface area is 181 Å². The van der Waals surface area contributed by atoms with E-state index in [0.717, 1.165) is 44.0 Å². The molecule has 2 aliphatic rings. The number of benzene rings is 2. The van der Waals surface area contributed by atoms with Crippen LogP contribution in [0, 0.1) is 0 Å². The van der Waals surface area contributed by atoms with E-state index in [4.69, 9.17) is 4.74 Å². The van der Waals surface area contributed by atoms with Crippen LogP contribution in [-0.2, 0) is 24.2 Å². The van der Waals surface area contributed by atoms with E-state index in [1.165, 1.54) is 17.5 Å². The van der Waals surface area contributed by atoms with Gasteiger partial charge in [-0.25, -0.2) is 4.68 Å². The molecular formula is C23H26N6O2. The standard InChI is InChI=1S/C23H26N6O2/c30-23(21(29-17-24-25-26-29)15-18-4-2-1-3-5-18)28-11-9-27(10-12-28)16-19-6-7-22-20(14-19)8-13-31-22/h1-7,14,17,21H,8-13,15-16H2. The van der Waals surface area contributed by atoms with Crippen LogP contribution in [0.2, 0.25) is 0 Å². The summed E-state index contributed by atoms with van der Waals surface area (Å²) in [5.74, 6) is 1.09. The minimum Gasteiger partial charge on any atom is -0.493 e. The van der Waals surface area contributed by atoms with Crippen LogP contribution < -0.4 is 4.74 Å². The first kappa shape index (κ1) is 19.7. The molecule has 0 aliphatic carbocycles. The van der Waals surface area contributed by atoms with E-state index in [1.807, 2.05) is 35.2 Å². The van der Waals surface area contributed by atoms with Gasteiger partial charge in [0.15, 0.2) is 0 Å². The van der Waals surface area contributed by atoms with E-state index >= 15 is 0 Å². The Morgan fingerprint density at radius 3 is 2.65 bits per heavy atom. The number of carbonyl (C=O) groups is 1. The van der Waals surface area contributed by atoms with Gasteiger partial charge < -0.3 is 9.64 Å². The smallest absolute Gasteiger partial charge is 0.248 e. The molecule has 1 fully saturated rings. The number of hydrogen-bond donors (Lipinski definition) is 0. The fraction of sp³-hybridized carbons (Fsp3) is 0.391. The van der Waals surface area contributed by atoms with Crippen LogP contribution in [0.3, 0.4) is 0 Å². The van der Waals surface area contributed by atoms with Crippen molar-refractivity contribution in [2.45, 2.75) is 25.4 Å². The molecule has 8 heteroatoms. The summed E-state index contributed by atoms with van der Waals surface area (Å²) in [5.41, 5.74) is 3.70. The second-order valence-corrected chi connectivity index (χ2v) is 8.14. The zero-order valence-corrected chi connectivity index (χ0v) is 17.4. The Morgan fingerprint density at radius 1 is 1.03 bits per heavy atom. The molecule has 1 atom stereocenters. The molecule has 3 aromatic rings. The Morgan fingerprint density at radius 2 is 1.87 bits per heavy atom. The molecule has 1 aromatic heterocycles. The topological polar surface area (TPSA) is 76.4 Å². The van der Waals surface area contributed by atoms with Crippen molar-refractivity contribution < 1.29 is 9.53 Å². The van der Waals surface area contributed by atoms with Crippen molar-refractivity contribution in [1.29, 1.82) is 0 Å². The molecule has 2 aromatic carbocycles. The fourth-order valence-electron chi connectivity index (χ4n) is 4.38. The van der Waals surface area contributed by atoms with Gasteiger partial charge in [0.2, 0.25) is 5.91 Å². The third-order valence-corrected chi connectivity index (χ3v) is 6.09. The van der Waals surface area contributed by atoms with Crippen molar-refractivity contribution >= 4 is 5.91 Å². The first-order valence-electron chi connectivity index (χ1n) is 10.8. The third kappa shape index (κ3) is 4.44. The Hall–Kier alpha value is -3.26. The Balaban J connectivity index is 1.22. The summed E-state index contributed by atoms with van der Waals surface area (Å²) in [6, 6.07) is 16.1. The van der Waals surface area contributed by atoms with E-state index < -0.39 is 6.04 Å². The normalized spacial score (nSPS) is 17.2. The molecule has 1 unspecified atom stereocenters. The van der Waals surface area contributed by atoms with E-state index in [1.54, 1.807) is 4.68 Å². The molecule has 0 saturated carbocycles. The van der Waals surface area contributed by atoms with Crippen LogP contribution in [0.25, 0.3) is 0 Å². The fourth-order valence-corrected chi connectivity index (χ4v) is 4.38. The average molecular weight is 419 g/mol. The lowest BCUT2D eigenvalue weighted by Gasteiger charge is -2.36. The highest BCUT2D eigenvalue weighted by atomic mass is 16.5. The zero-order chi connectivity index (χ0) is 21.0. The van der Waals surface area contributed by atoms with Crippen LogP contribution in [-0.4, -0.2) is 68.7 Å². The van der Waals surface area contributed by atoms with Gasteiger partial charge in [-0.15, -0.1) is 5.10 Å². The minimum atomic E-state index is -0.430. The molecule has 1 amide bonds. The van der Waals surface area contributed by atoms with Gasteiger partial charge in [0.1, 0.15) is 18.1 Å². The first-order chi connectivity index (χ1) is 15.3. The van der Waals surface area contributed by atoms with Crippen molar-refractivity contribution in [3.05, 3.63) is 71.5 Å². The molecule has 160 valence electrons. The Kier molecular flexibility index (Phi) is 5.62. The summed E-state index contributed by atoms with van der Waals surface area (Å²) in [4.78, 5) is 17.7. The van der Waals surface area contributed by atoms with E-state index in [-0.39, 0.29) is 5.91 Å². The number of hydrogen-bond acceptors (Lipinski definition) is 6. The molecule has 1 saturated heterocycles. The third-order valence-electron chi connectivity index (χ3n) is 6.09. The predicted octanol–water partition coefficient (Wildman–Crippen LogP) is 1.74. The number of nitrogens with zero attached hydrogens (tertiary/aromatic N) is 6. The van der Waals surface area contributed by atoms with Gasteiger partial charge in [-0.05, 0) is 33.2 Å². The van der Waals surface area contributed by atoms with E-state index in [2.05, 4.69) is 38.6 Å². The van der Waals surface area contributed by atoms with Crippen molar-refractivity contribution in [3.8, 4) is 5.75 Å². The van der Waals surface area contributed by atoms with Crippen molar-refractivity contribution in [1.82, 2.24) is 30.0 Å². The monoisotopic (exact) mass is 418 g/mol. The number of piperazine rings is 1. The second kappa shape index (κ2) is 8.85. The highest BCUT2D eigenvalue weighted by molar-refractivity contribution is 5.80. The average Bonchev–Trinajstić information content (AvgIpc) is 3.50. The van der Waals surface area contributed by atoms with Gasteiger partial charge in [-0.1, -0.05) is 42.5 Å². The minimum absolute atomic E-state index is 0.0745. The van der Waals surface area contributed by atoms with Gasteiger partial charge in [-0.3, -0.25) is 9.69 Å². The number of ether oxygens (including phenoxy) is 1. The SMILES string of the molecule is O=C(C(Cc1ccccc1)n1cnnn1)N1CCN(Cc2ccc3c(c2)CCO3)CC1. The summed E-state index contributed by atoms with van der Waals surface area (Å²) in [7, 11) is 0. The molecular weight excluding hydrogens is 392 g/mol. The van der Waals surface area contributed by atoms with Crippen LogP contribution >= 0.6 is 0 Å². The summed E-state index contributed by atoms with van der Waals surface area (Å²) in [6.07, 6.45) is 3.09. The molecule has 2 aliphatic heterocycles. The maximum absolute atomic E-state index is 13.4. The van der Waals surface area contributed by atoms with Gasteiger partial charge in [-0.2, -0.15) is 0 Å². The number of aromatic nitrogens is 4. The van der Waals surface area contributed by atoms with Crippen LogP contribution in [0.1, 0.15) is 22.7 Å². The largest absolute Gasteiger partial charge is 0.493 e. The predicted molar refractivity (Wildman–Crippen MR) is 114 cm³/mol. The lowest BCUT2D eigenvalue weighted by molar-refractivity contribution is -0.137. The lowest BCUT2D eigenvalue weighted by Crippen LogP contribution is -2.50. The molecule has 3 heterocycles. The summed E-state index contributed by atoms with van der Waals surface area (Å²) < 4.78 is 7.18. The van der Waals surface area contributed by atoms with Crippen molar-refractivity contribution in [3.63, 3.8) is 0 Å². The van der Waals surface area contributed by atoms with Crippen LogP contribution in [0.5, 0.6) is 5.75 Å². The number of amides is 1. The quantitative estimate of drug-likeness (QED) is 0.607. The van der Waals surface area contributed by atoms with Crippen LogP contribution in [0.4, 0.5) is 0 Å². The van der Waals surface area contributed by atoms with Crippen molar-refractivity contribution in [2.24, 2.45) is 0 Å².